The van der Waals surface area contributed by atoms with E-state index in [0.717, 1.165) is 67.2 Å². The lowest BCUT2D eigenvalue weighted by molar-refractivity contribution is 1.09. The van der Waals surface area contributed by atoms with Crippen molar-refractivity contribution in [3.05, 3.63) is 224 Å². The maximum absolute atomic E-state index is 5.57. The van der Waals surface area contributed by atoms with Crippen LogP contribution in [0, 0.1) is 0 Å². The minimum Gasteiger partial charge on any atom is -0.309 e. The normalized spacial score (nSPS) is 11.9. The van der Waals surface area contributed by atoms with Gasteiger partial charge in [0.15, 0.2) is 5.65 Å². The Morgan fingerprint density at radius 1 is 0.258 bits per heavy atom. The van der Waals surface area contributed by atoms with Gasteiger partial charge in [-0.3, -0.25) is 9.13 Å². The van der Waals surface area contributed by atoms with Gasteiger partial charge in [0.05, 0.1) is 27.6 Å². The molecule has 0 radical (unpaired) electrons. The van der Waals surface area contributed by atoms with Crippen molar-refractivity contribution in [1.82, 2.24) is 23.3 Å². The Morgan fingerprint density at radius 2 is 0.694 bits per heavy atom. The highest BCUT2D eigenvalue weighted by molar-refractivity contribution is 6.24. The topological polar surface area (TPSA) is 32.6 Å². The van der Waals surface area contributed by atoms with Gasteiger partial charge in [-0.25, -0.2) is 4.98 Å². The van der Waals surface area contributed by atoms with Crippen molar-refractivity contribution in [3.8, 4) is 45.3 Å². The molecule has 4 heterocycles. The van der Waals surface area contributed by atoms with Crippen molar-refractivity contribution >= 4 is 65.7 Å². The third-order valence-corrected chi connectivity index (χ3v) is 12.5. The Bertz CT molecular complexity index is 3820. The first-order valence-corrected chi connectivity index (χ1v) is 21.1. The number of aromatic nitrogens is 5. The van der Waals surface area contributed by atoms with Gasteiger partial charge < -0.3 is 9.13 Å². The summed E-state index contributed by atoms with van der Waals surface area (Å²) in [7, 11) is 0. The summed E-state index contributed by atoms with van der Waals surface area (Å²) in [6.45, 7) is 0. The van der Waals surface area contributed by atoms with E-state index in [2.05, 4.69) is 243 Å². The van der Waals surface area contributed by atoms with E-state index < -0.39 is 0 Å². The number of nitrogens with zero attached hydrogens (tertiary/aromatic N) is 5. The SMILES string of the molecule is c1ccc(-c2nc3c(c4ccc5c6cc(-c7ccc8c(c7)c7ccccc7n8-c7ccccc7)ccc6n(-c6ccccc6)c5c4n3-c3ccccc3)n2-c2ccccc2)cc1. The molecule has 5 nitrogen and oxygen atoms in total. The Kier molecular flexibility index (Phi) is 7.54. The largest absolute Gasteiger partial charge is 0.309 e. The number of fused-ring (bicyclic) bond motifs is 10. The molecular formula is C57H37N5. The van der Waals surface area contributed by atoms with Gasteiger partial charge in [0, 0.05) is 55.2 Å². The third kappa shape index (κ3) is 5.06. The molecule has 0 unspecified atom stereocenters. The van der Waals surface area contributed by atoms with Crippen LogP contribution in [0.5, 0.6) is 0 Å². The van der Waals surface area contributed by atoms with E-state index >= 15 is 0 Å². The van der Waals surface area contributed by atoms with Gasteiger partial charge in [-0.2, -0.15) is 0 Å². The quantitative estimate of drug-likeness (QED) is 0.165. The van der Waals surface area contributed by atoms with Crippen LogP contribution in [-0.4, -0.2) is 23.3 Å². The number of benzene rings is 9. The maximum atomic E-state index is 5.57. The molecule has 13 aromatic rings. The second-order valence-corrected chi connectivity index (χ2v) is 16.0. The molecule has 0 aliphatic carbocycles. The summed E-state index contributed by atoms with van der Waals surface area (Å²) in [5.41, 5.74) is 15.6. The van der Waals surface area contributed by atoms with Crippen molar-refractivity contribution in [2.45, 2.75) is 0 Å². The summed E-state index contributed by atoms with van der Waals surface area (Å²) < 4.78 is 9.56. The Balaban J connectivity index is 1.12. The van der Waals surface area contributed by atoms with Crippen LogP contribution in [0.4, 0.5) is 0 Å². The monoisotopic (exact) mass is 791 g/mol. The molecule has 290 valence electrons. The molecule has 4 aromatic heterocycles. The molecule has 0 saturated carbocycles. The highest BCUT2D eigenvalue weighted by Crippen LogP contribution is 2.45. The third-order valence-electron chi connectivity index (χ3n) is 12.5. The first-order chi connectivity index (χ1) is 30.8. The van der Waals surface area contributed by atoms with Gasteiger partial charge in [-0.05, 0) is 96.1 Å². The summed E-state index contributed by atoms with van der Waals surface area (Å²) in [6, 6.07) is 80.7. The minimum absolute atomic E-state index is 0.908. The van der Waals surface area contributed by atoms with Crippen molar-refractivity contribution in [2.24, 2.45) is 0 Å². The molecule has 0 aliphatic heterocycles. The maximum Gasteiger partial charge on any atom is 0.165 e. The molecule has 13 rings (SSSR count). The van der Waals surface area contributed by atoms with E-state index in [0.29, 0.717) is 0 Å². The zero-order chi connectivity index (χ0) is 40.7. The zero-order valence-electron chi connectivity index (χ0n) is 33.6. The van der Waals surface area contributed by atoms with Crippen molar-refractivity contribution in [2.75, 3.05) is 0 Å². The molecule has 0 N–H and O–H groups in total. The number of imidazole rings is 1. The molecule has 0 aliphatic rings. The number of hydrogen-bond acceptors (Lipinski definition) is 1. The van der Waals surface area contributed by atoms with E-state index in [1.807, 2.05) is 0 Å². The molecule has 0 saturated heterocycles. The highest BCUT2D eigenvalue weighted by Gasteiger charge is 2.27. The molecule has 0 amide bonds. The fraction of sp³-hybridized carbons (Fsp3) is 0. The average molecular weight is 792 g/mol. The van der Waals surface area contributed by atoms with Crippen LogP contribution in [0.1, 0.15) is 0 Å². The van der Waals surface area contributed by atoms with Crippen LogP contribution >= 0.6 is 0 Å². The standard InChI is InChI=1S/C57H37N5/c1-6-18-38(19-7-1)56-58-57-55(62(56)44-26-14-5-15-27-44)47-33-32-46-49-37-40(39-30-34-51-48(36-39)45-28-16-17-29-50(45)59(51)41-20-8-2-9-21-41)31-35-52(49)60(42-22-10-3-11-23-42)53(46)54(47)61(57)43-24-12-4-13-25-43/h1-37H. The van der Waals surface area contributed by atoms with Gasteiger partial charge in [0.1, 0.15) is 11.3 Å². The van der Waals surface area contributed by atoms with Crippen molar-refractivity contribution in [3.63, 3.8) is 0 Å². The second-order valence-electron chi connectivity index (χ2n) is 16.0. The fourth-order valence-electron chi connectivity index (χ4n) is 9.89. The first-order valence-electron chi connectivity index (χ1n) is 21.1. The first kappa shape index (κ1) is 34.5. The summed E-state index contributed by atoms with van der Waals surface area (Å²) in [5.74, 6) is 0.908. The smallest absolute Gasteiger partial charge is 0.165 e. The molecule has 62 heavy (non-hydrogen) atoms. The van der Waals surface area contributed by atoms with Crippen LogP contribution in [0.3, 0.4) is 0 Å². The minimum atomic E-state index is 0.908. The predicted molar refractivity (Wildman–Crippen MR) is 257 cm³/mol. The van der Waals surface area contributed by atoms with Crippen LogP contribution in [0.15, 0.2) is 224 Å². The summed E-state index contributed by atoms with van der Waals surface area (Å²) in [6.07, 6.45) is 0. The lowest BCUT2D eigenvalue weighted by atomic mass is 10.0. The second kappa shape index (κ2) is 13.6. The average Bonchev–Trinajstić information content (AvgIpc) is 4.08. The summed E-state index contributed by atoms with van der Waals surface area (Å²) in [5, 5.41) is 6.00. The van der Waals surface area contributed by atoms with E-state index in [1.54, 1.807) is 0 Å². The predicted octanol–water partition coefficient (Wildman–Crippen LogP) is 14.5. The lowest BCUT2D eigenvalue weighted by Crippen LogP contribution is -2.00. The highest BCUT2D eigenvalue weighted by atomic mass is 15.2. The molecule has 9 aromatic carbocycles. The molecule has 0 bridgehead atoms. The van der Waals surface area contributed by atoms with Gasteiger partial charge >= 0.3 is 0 Å². The van der Waals surface area contributed by atoms with Crippen LogP contribution in [-0.2, 0) is 0 Å². The van der Waals surface area contributed by atoms with Crippen molar-refractivity contribution in [1.29, 1.82) is 0 Å². The molecular weight excluding hydrogens is 755 g/mol. The zero-order valence-corrected chi connectivity index (χ0v) is 33.6. The number of rotatable bonds is 6. The van der Waals surface area contributed by atoms with Crippen LogP contribution in [0.25, 0.3) is 111 Å². The Morgan fingerprint density at radius 3 is 1.31 bits per heavy atom. The lowest BCUT2D eigenvalue weighted by Gasteiger charge is -2.13. The van der Waals surface area contributed by atoms with E-state index in [-0.39, 0.29) is 0 Å². The Hall–Kier alpha value is -8.41. The van der Waals surface area contributed by atoms with E-state index in [9.17, 15) is 0 Å². The van der Waals surface area contributed by atoms with Gasteiger partial charge in [-0.1, -0.05) is 140 Å². The van der Waals surface area contributed by atoms with E-state index in [1.165, 1.54) is 43.7 Å². The number of hydrogen-bond donors (Lipinski definition) is 0. The van der Waals surface area contributed by atoms with Gasteiger partial charge in [0.25, 0.3) is 0 Å². The fourth-order valence-corrected chi connectivity index (χ4v) is 9.89. The van der Waals surface area contributed by atoms with Crippen LogP contribution in [0.2, 0.25) is 0 Å². The summed E-state index contributed by atoms with van der Waals surface area (Å²) in [4.78, 5) is 5.57. The summed E-state index contributed by atoms with van der Waals surface area (Å²) >= 11 is 0. The van der Waals surface area contributed by atoms with Crippen molar-refractivity contribution < 1.29 is 0 Å². The molecule has 0 atom stereocenters. The van der Waals surface area contributed by atoms with Crippen LogP contribution < -0.4 is 0 Å². The Labute approximate surface area is 357 Å². The van der Waals surface area contributed by atoms with E-state index in [4.69, 9.17) is 4.98 Å². The van der Waals surface area contributed by atoms with Gasteiger partial charge in [0.2, 0.25) is 0 Å². The molecule has 0 fully saturated rings. The molecule has 5 heteroatoms. The molecule has 0 spiro atoms. The number of para-hydroxylation sites is 5. The van der Waals surface area contributed by atoms with Gasteiger partial charge in [-0.15, -0.1) is 0 Å².